The van der Waals surface area contributed by atoms with E-state index in [1.54, 1.807) is 7.11 Å². The van der Waals surface area contributed by atoms with Gasteiger partial charge < -0.3 is 14.6 Å². The number of ether oxygens (including phenoxy) is 1. The van der Waals surface area contributed by atoms with E-state index in [0.29, 0.717) is 0 Å². The van der Waals surface area contributed by atoms with Gasteiger partial charge in [-0.15, -0.1) is 0 Å². The van der Waals surface area contributed by atoms with Crippen LogP contribution in [0.2, 0.25) is 0 Å². The predicted molar refractivity (Wildman–Crippen MR) is 73.5 cm³/mol. The Morgan fingerprint density at radius 3 is 2.61 bits per heavy atom. The summed E-state index contributed by atoms with van der Waals surface area (Å²) in [7, 11) is 1.67. The third-order valence-corrected chi connectivity index (χ3v) is 2.71. The lowest BCUT2D eigenvalue weighted by Crippen LogP contribution is -2.02. The lowest BCUT2D eigenvalue weighted by atomic mass is 10.3. The Morgan fingerprint density at radius 2 is 2.00 bits per heavy atom. The standard InChI is InChI=1S/C14H19N3O/c1-4-9-17-10-11(2)15-14(17)16-12-5-7-13(18-3)8-6-12/h5-8,10H,4,9H2,1-3H3,(H,15,16). The topological polar surface area (TPSA) is 39.1 Å². The molecule has 4 heteroatoms. The summed E-state index contributed by atoms with van der Waals surface area (Å²) in [5.74, 6) is 1.74. The van der Waals surface area contributed by atoms with Gasteiger partial charge in [-0.1, -0.05) is 6.92 Å². The lowest BCUT2D eigenvalue weighted by molar-refractivity contribution is 0.415. The van der Waals surface area contributed by atoms with Crippen LogP contribution in [0.1, 0.15) is 19.0 Å². The average molecular weight is 245 g/mol. The van der Waals surface area contributed by atoms with Crippen molar-refractivity contribution in [3.05, 3.63) is 36.2 Å². The maximum atomic E-state index is 5.14. The number of rotatable bonds is 5. The third-order valence-electron chi connectivity index (χ3n) is 2.71. The van der Waals surface area contributed by atoms with Crippen LogP contribution in [0.25, 0.3) is 0 Å². The molecule has 1 aromatic heterocycles. The molecule has 1 N–H and O–H groups in total. The molecule has 1 aromatic carbocycles. The summed E-state index contributed by atoms with van der Waals surface area (Å²) >= 11 is 0. The third kappa shape index (κ3) is 2.83. The number of nitrogens with zero attached hydrogens (tertiary/aromatic N) is 2. The van der Waals surface area contributed by atoms with Gasteiger partial charge in [-0.25, -0.2) is 4.98 Å². The summed E-state index contributed by atoms with van der Waals surface area (Å²) in [4.78, 5) is 4.49. The second-order valence-electron chi connectivity index (χ2n) is 4.25. The van der Waals surface area contributed by atoms with Gasteiger partial charge in [0.1, 0.15) is 5.75 Å². The van der Waals surface area contributed by atoms with E-state index in [4.69, 9.17) is 4.74 Å². The number of hydrogen-bond acceptors (Lipinski definition) is 3. The van der Waals surface area contributed by atoms with E-state index in [1.165, 1.54) is 0 Å². The van der Waals surface area contributed by atoms with Crippen molar-refractivity contribution in [2.45, 2.75) is 26.8 Å². The number of imidazole rings is 1. The highest BCUT2D eigenvalue weighted by molar-refractivity contribution is 5.55. The molecule has 0 saturated heterocycles. The molecule has 2 aromatic rings. The Balaban J connectivity index is 2.16. The Hall–Kier alpha value is -1.97. The van der Waals surface area contributed by atoms with E-state index in [0.717, 1.165) is 36.0 Å². The molecule has 0 unspecified atom stereocenters. The number of methoxy groups -OCH3 is 1. The summed E-state index contributed by atoms with van der Waals surface area (Å²) in [6, 6.07) is 7.84. The fraction of sp³-hybridized carbons (Fsp3) is 0.357. The highest BCUT2D eigenvalue weighted by Gasteiger charge is 2.05. The zero-order valence-electron chi connectivity index (χ0n) is 11.1. The first kappa shape index (κ1) is 12.5. The van der Waals surface area contributed by atoms with E-state index in [9.17, 15) is 0 Å². The minimum Gasteiger partial charge on any atom is -0.497 e. The zero-order chi connectivity index (χ0) is 13.0. The Labute approximate surface area is 108 Å². The molecule has 0 aliphatic heterocycles. The summed E-state index contributed by atoms with van der Waals surface area (Å²) in [6.45, 7) is 5.14. The van der Waals surface area contributed by atoms with Crippen LogP contribution >= 0.6 is 0 Å². The fourth-order valence-corrected chi connectivity index (χ4v) is 1.86. The molecule has 1 heterocycles. The summed E-state index contributed by atoms with van der Waals surface area (Å²) in [5, 5.41) is 3.33. The van der Waals surface area contributed by atoms with Gasteiger partial charge >= 0.3 is 0 Å². The first-order chi connectivity index (χ1) is 8.72. The normalized spacial score (nSPS) is 10.4. The molecule has 0 spiro atoms. The monoisotopic (exact) mass is 245 g/mol. The number of benzene rings is 1. The minimum absolute atomic E-state index is 0.855. The van der Waals surface area contributed by atoms with E-state index in [1.807, 2.05) is 31.2 Å². The highest BCUT2D eigenvalue weighted by Crippen LogP contribution is 2.19. The van der Waals surface area contributed by atoms with Gasteiger partial charge in [0.2, 0.25) is 5.95 Å². The van der Waals surface area contributed by atoms with Gasteiger partial charge in [-0.05, 0) is 37.6 Å². The molecule has 96 valence electrons. The van der Waals surface area contributed by atoms with Crippen molar-refractivity contribution in [1.82, 2.24) is 9.55 Å². The van der Waals surface area contributed by atoms with Crippen molar-refractivity contribution in [2.75, 3.05) is 12.4 Å². The number of aromatic nitrogens is 2. The minimum atomic E-state index is 0.855. The molecule has 0 atom stereocenters. The molecule has 0 saturated carbocycles. The molecule has 0 bridgehead atoms. The van der Waals surface area contributed by atoms with Crippen LogP contribution in [0.4, 0.5) is 11.6 Å². The van der Waals surface area contributed by atoms with Gasteiger partial charge in [0.25, 0.3) is 0 Å². The van der Waals surface area contributed by atoms with Crippen LogP contribution in [0.15, 0.2) is 30.5 Å². The number of aryl methyl sites for hydroxylation is 2. The van der Waals surface area contributed by atoms with Crippen molar-refractivity contribution in [3.8, 4) is 5.75 Å². The Morgan fingerprint density at radius 1 is 1.28 bits per heavy atom. The number of hydrogen-bond donors (Lipinski definition) is 1. The maximum absolute atomic E-state index is 5.14. The second kappa shape index (κ2) is 5.58. The van der Waals surface area contributed by atoms with Crippen LogP contribution in [-0.2, 0) is 6.54 Å². The molecule has 0 fully saturated rings. The Kier molecular flexibility index (Phi) is 3.87. The van der Waals surface area contributed by atoms with Crippen LogP contribution in [-0.4, -0.2) is 16.7 Å². The van der Waals surface area contributed by atoms with Crippen molar-refractivity contribution in [1.29, 1.82) is 0 Å². The van der Waals surface area contributed by atoms with Crippen LogP contribution in [0.5, 0.6) is 5.75 Å². The fourth-order valence-electron chi connectivity index (χ4n) is 1.86. The number of anilines is 2. The quantitative estimate of drug-likeness (QED) is 0.878. The van der Waals surface area contributed by atoms with E-state index in [2.05, 4.69) is 28.0 Å². The maximum Gasteiger partial charge on any atom is 0.207 e. The van der Waals surface area contributed by atoms with Gasteiger partial charge in [0.15, 0.2) is 0 Å². The van der Waals surface area contributed by atoms with Crippen LogP contribution in [0, 0.1) is 6.92 Å². The van der Waals surface area contributed by atoms with E-state index in [-0.39, 0.29) is 0 Å². The van der Waals surface area contributed by atoms with Gasteiger partial charge in [-0.3, -0.25) is 0 Å². The van der Waals surface area contributed by atoms with Crippen molar-refractivity contribution >= 4 is 11.6 Å². The highest BCUT2D eigenvalue weighted by atomic mass is 16.5. The van der Waals surface area contributed by atoms with Crippen molar-refractivity contribution in [2.24, 2.45) is 0 Å². The molecule has 0 aliphatic carbocycles. The molecule has 0 amide bonds. The van der Waals surface area contributed by atoms with Crippen LogP contribution in [0.3, 0.4) is 0 Å². The molecule has 18 heavy (non-hydrogen) atoms. The van der Waals surface area contributed by atoms with Gasteiger partial charge in [0.05, 0.1) is 12.8 Å². The smallest absolute Gasteiger partial charge is 0.207 e. The summed E-state index contributed by atoms with van der Waals surface area (Å²) in [6.07, 6.45) is 3.16. The molecule has 4 nitrogen and oxygen atoms in total. The second-order valence-corrected chi connectivity index (χ2v) is 4.25. The van der Waals surface area contributed by atoms with E-state index < -0.39 is 0 Å². The molecular formula is C14H19N3O. The molecule has 0 radical (unpaired) electrons. The Bertz CT molecular complexity index is 502. The largest absolute Gasteiger partial charge is 0.497 e. The zero-order valence-corrected chi connectivity index (χ0v) is 11.1. The lowest BCUT2D eigenvalue weighted by Gasteiger charge is -2.09. The average Bonchev–Trinajstić information content (AvgIpc) is 2.71. The SMILES string of the molecule is CCCn1cc(C)nc1Nc1ccc(OC)cc1. The van der Waals surface area contributed by atoms with Gasteiger partial charge in [0, 0.05) is 18.4 Å². The predicted octanol–water partition coefficient (Wildman–Crippen LogP) is 3.35. The van der Waals surface area contributed by atoms with Gasteiger partial charge in [-0.2, -0.15) is 0 Å². The number of nitrogens with one attached hydrogen (secondary N) is 1. The first-order valence-electron chi connectivity index (χ1n) is 6.17. The molecular weight excluding hydrogens is 226 g/mol. The molecule has 0 aliphatic rings. The van der Waals surface area contributed by atoms with E-state index >= 15 is 0 Å². The summed E-state index contributed by atoms with van der Waals surface area (Å²) in [5.41, 5.74) is 2.04. The van der Waals surface area contributed by atoms with Crippen molar-refractivity contribution < 1.29 is 4.74 Å². The molecule has 2 rings (SSSR count). The summed E-state index contributed by atoms with van der Waals surface area (Å²) < 4.78 is 7.28. The van der Waals surface area contributed by atoms with Crippen molar-refractivity contribution in [3.63, 3.8) is 0 Å². The van der Waals surface area contributed by atoms with Crippen LogP contribution < -0.4 is 10.1 Å². The first-order valence-corrected chi connectivity index (χ1v) is 6.17.